The summed E-state index contributed by atoms with van der Waals surface area (Å²) in [5.74, 6) is 0.297. The van der Waals surface area contributed by atoms with Crippen molar-refractivity contribution in [3.63, 3.8) is 0 Å². The smallest absolute Gasteiger partial charge is 0.167 e. The van der Waals surface area contributed by atoms with E-state index in [-0.39, 0.29) is 11.7 Å². The summed E-state index contributed by atoms with van der Waals surface area (Å²) in [6, 6.07) is 1.89. The lowest BCUT2D eigenvalue weighted by Crippen LogP contribution is -2.10. The summed E-state index contributed by atoms with van der Waals surface area (Å²) in [7, 11) is 0. The fourth-order valence-electron chi connectivity index (χ4n) is 2.00. The molecule has 1 N–H and O–H groups in total. The van der Waals surface area contributed by atoms with Crippen molar-refractivity contribution in [2.75, 3.05) is 0 Å². The van der Waals surface area contributed by atoms with E-state index < -0.39 is 0 Å². The van der Waals surface area contributed by atoms with Gasteiger partial charge in [0.15, 0.2) is 5.78 Å². The first-order valence-corrected chi connectivity index (χ1v) is 5.69. The molecule has 0 spiro atoms. The third-order valence-electron chi connectivity index (χ3n) is 2.92. The number of carbonyl (C=O) groups is 1. The lowest BCUT2D eigenvalue weighted by atomic mass is 9.95. The molecule has 1 atom stereocenters. The summed E-state index contributed by atoms with van der Waals surface area (Å²) in [5, 5.41) is 0.926. The van der Waals surface area contributed by atoms with Crippen LogP contribution in [0.2, 0.25) is 0 Å². The summed E-state index contributed by atoms with van der Waals surface area (Å²) >= 11 is 0. The number of rotatable bonds is 4. The highest BCUT2D eigenvalue weighted by Gasteiger charge is 2.17. The molecule has 16 heavy (non-hydrogen) atoms. The monoisotopic (exact) mass is 216 g/mol. The van der Waals surface area contributed by atoms with Crippen molar-refractivity contribution in [1.82, 2.24) is 9.97 Å². The first-order valence-electron chi connectivity index (χ1n) is 5.69. The number of carbonyl (C=O) groups excluding carboxylic acids is 1. The zero-order valence-corrected chi connectivity index (χ0v) is 9.66. The molecule has 2 aromatic rings. The Morgan fingerprint density at radius 2 is 2.38 bits per heavy atom. The number of pyridine rings is 1. The molecule has 2 heterocycles. The highest BCUT2D eigenvalue weighted by Crippen LogP contribution is 2.21. The second-order valence-electron chi connectivity index (χ2n) is 4.18. The van der Waals surface area contributed by atoms with E-state index in [0.29, 0.717) is 0 Å². The highest BCUT2D eigenvalue weighted by molar-refractivity contribution is 6.08. The van der Waals surface area contributed by atoms with Gasteiger partial charge in [0, 0.05) is 41.0 Å². The van der Waals surface area contributed by atoms with E-state index in [9.17, 15) is 4.79 Å². The van der Waals surface area contributed by atoms with Crippen molar-refractivity contribution >= 4 is 16.7 Å². The first-order chi connectivity index (χ1) is 7.74. The van der Waals surface area contributed by atoms with E-state index in [1.54, 1.807) is 18.6 Å². The molecule has 3 nitrogen and oxygen atoms in total. The zero-order chi connectivity index (χ0) is 11.5. The third kappa shape index (κ3) is 1.85. The van der Waals surface area contributed by atoms with Gasteiger partial charge in [-0.2, -0.15) is 0 Å². The van der Waals surface area contributed by atoms with Crippen molar-refractivity contribution in [2.45, 2.75) is 26.7 Å². The number of aromatic nitrogens is 2. The predicted molar refractivity (Wildman–Crippen MR) is 64.5 cm³/mol. The molecule has 0 aliphatic rings. The molecule has 0 fully saturated rings. The van der Waals surface area contributed by atoms with Gasteiger partial charge in [0.25, 0.3) is 0 Å². The van der Waals surface area contributed by atoms with Crippen LogP contribution in [-0.2, 0) is 0 Å². The van der Waals surface area contributed by atoms with Gasteiger partial charge < -0.3 is 4.98 Å². The van der Waals surface area contributed by atoms with Gasteiger partial charge in [-0.1, -0.05) is 20.3 Å². The minimum atomic E-state index is 0.0872. The predicted octanol–water partition coefficient (Wildman–Crippen LogP) is 3.18. The van der Waals surface area contributed by atoms with Crippen LogP contribution in [0.25, 0.3) is 10.9 Å². The summed E-state index contributed by atoms with van der Waals surface area (Å²) < 4.78 is 0. The van der Waals surface area contributed by atoms with Crippen LogP contribution in [0.4, 0.5) is 0 Å². The van der Waals surface area contributed by atoms with E-state index >= 15 is 0 Å². The number of H-pyrrole nitrogens is 1. The van der Waals surface area contributed by atoms with Crippen LogP contribution in [0, 0.1) is 5.92 Å². The molecule has 84 valence electrons. The second-order valence-corrected chi connectivity index (χ2v) is 4.18. The second kappa shape index (κ2) is 4.47. The maximum Gasteiger partial charge on any atom is 0.167 e. The normalized spacial score (nSPS) is 12.9. The Labute approximate surface area is 94.9 Å². The minimum absolute atomic E-state index is 0.0872. The van der Waals surface area contributed by atoms with Gasteiger partial charge in [0.05, 0.1) is 0 Å². The largest absolute Gasteiger partial charge is 0.360 e. The molecule has 2 aromatic heterocycles. The standard InChI is InChI=1S/C13H16N2O/c1-3-4-9(2)13(16)11-8-15-12-5-6-14-7-10(11)12/h5-9,15H,3-4H2,1-2H3. The summed E-state index contributed by atoms with van der Waals surface area (Å²) in [4.78, 5) is 19.3. The Kier molecular flexibility index (Phi) is 3.04. The summed E-state index contributed by atoms with van der Waals surface area (Å²) in [6.07, 6.45) is 7.24. The highest BCUT2D eigenvalue weighted by atomic mass is 16.1. The number of Topliss-reactive ketones (excluding diaryl/α,β-unsaturated/α-hetero) is 1. The van der Waals surface area contributed by atoms with Gasteiger partial charge in [-0.05, 0) is 12.5 Å². The molecule has 1 unspecified atom stereocenters. The number of nitrogens with zero attached hydrogens (tertiary/aromatic N) is 1. The number of aromatic amines is 1. The Balaban J connectivity index is 2.36. The molecule has 0 aliphatic heterocycles. The van der Waals surface area contributed by atoms with Crippen molar-refractivity contribution in [3.05, 3.63) is 30.2 Å². The van der Waals surface area contributed by atoms with Gasteiger partial charge in [0.1, 0.15) is 0 Å². The number of fused-ring (bicyclic) bond motifs is 1. The van der Waals surface area contributed by atoms with Crippen molar-refractivity contribution in [2.24, 2.45) is 5.92 Å². The molecule has 3 heteroatoms. The Morgan fingerprint density at radius 3 is 3.12 bits per heavy atom. The molecule has 0 bridgehead atoms. The van der Waals surface area contributed by atoms with Gasteiger partial charge in [-0.3, -0.25) is 9.78 Å². The fraction of sp³-hybridized carbons (Fsp3) is 0.385. The molecular formula is C13H16N2O. The Morgan fingerprint density at radius 1 is 1.56 bits per heavy atom. The first kappa shape index (κ1) is 10.9. The van der Waals surface area contributed by atoms with Gasteiger partial charge in [-0.15, -0.1) is 0 Å². The van der Waals surface area contributed by atoms with E-state index in [1.807, 2.05) is 13.0 Å². The Hall–Kier alpha value is -1.64. The maximum atomic E-state index is 12.2. The zero-order valence-electron chi connectivity index (χ0n) is 9.66. The minimum Gasteiger partial charge on any atom is -0.360 e. The topological polar surface area (TPSA) is 45.8 Å². The number of ketones is 1. The van der Waals surface area contributed by atoms with Crippen LogP contribution >= 0.6 is 0 Å². The van der Waals surface area contributed by atoms with E-state index in [0.717, 1.165) is 29.3 Å². The van der Waals surface area contributed by atoms with Crippen LogP contribution in [-0.4, -0.2) is 15.8 Å². The van der Waals surface area contributed by atoms with Crippen LogP contribution in [0.1, 0.15) is 37.0 Å². The van der Waals surface area contributed by atoms with Crippen molar-refractivity contribution in [3.8, 4) is 0 Å². The number of nitrogens with one attached hydrogen (secondary N) is 1. The molecule has 0 aromatic carbocycles. The van der Waals surface area contributed by atoms with E-state index in [4.69, 9.17) is 0 Å². The van der Waals surface area contributed by atoms with Crippen LogP contribution in [0.5, 0.6) is 0 Å². The van der Waals surface area contributed by atoms with Crippen LogP contribution in [0.3, 0.4) is 0 Å². The molecule has 2 rings (SSSR count). The molecule has 0 saturated heterocycles. The fourth-order valence-corrected chi connectivity index (χ4v) is 2.00. The average molecular weight is 216 g/mol. The number of hydrogen-bond donors (Lipinski definition) is 1. The van der Waals surface area contributed by atoms with Crippen molar-refractivity contribution < 1.29 is 4.79 Å². The van der Waals surface area contributed by atoms with Gasteiger partial charge in [-0.25, -0.2) is 0 Å². The molecular weight excluding hydrogens is 200 g/mol. The van der Waals surface area contributed by atoms with Gasteiger partial charge in [0.2, 0.25) is 0 Å². The molecule has 0 amide bonds. The van der Waals surface area contributed by atoms with Crippen LogP contribution < -0.4 is 0 Å². The lowest BCUT2D eigenvalue weighted by molar-refractivity contribution is 0.0925. The van der Waals surface area contributed by atoms with E-state index in [1.165, 1.54) is 0 Å². The maximum absolute atomic E-state index is 12.2. The molecule has 0 saturated carbocycles. The third-order valence-corrected chi connectivity index (χ3v) is 2.92. The lowest BCUT2D eigenvalue weighted by Gasteiger charge is -2.07. The number of hydrogen-bond acceptors (Lipinski definition) is 2. The molecule has 0 radical (unpaired) electrons. The van der Waals surface area contributed by atoms with Gasteiger partial charge >= 0.3 is 0 Å². The summed E-state index contributed by atoms with van der Waals surface area (Å²) in [5.41, 5.74) is 1.74. The SMILES string of the molecule is CCCC(C)C(=O)c1c[nH]c2ccncc12. The van der Waals surface area contributed by atoms with Crippen molar-refractivity contribution in [1.29, 1.82) is 0 Å². The quantitative estimate of drug-likeness (QED) is 0.798. The van der Waals surface area contributed by atoms with E-state index in [2.05, 4.69) is 16.9 Å². The Bertz CT molecular complexity index is 501. The average Bonchev–Trinajstić information content (AvgIpc) is 2.72. The van der Waals surface area contributed by atoms with Crippen LogP contribution in [0.15, 0.2) is 24.7 Å². The molecule has 0 aliphatic carbocycles. The summed E-state index contributed by atoms with van der Waals surface area (Å²) in [6.45, 7) is 4.08.